The number of rotatable bonds is 5. The maximum absolute atomic E-state index is 12.9. The molecule has 0 aliphatic carbocycles. The third-order valence-electron chi connectivity index (χ3n) is 4.91. The molecule has 0 aromatic heterocycles. The van der Waals surface area contributed by atoms with Gasteiger partial charge in [0.1, 0.15) is 5.75 Å². The number of amides is 2. The van der Waals surface area contributed by atoms with Crippen LogP contribution in [0.1, 0.15) is 30.0 Å². The lowest BCUT2D eigenvalue weighted by atomic mass is 9.83. The van der Waals surface area contributed by atoms with Crippen LogP contribution in [-0.4, -0.2) is 26.0 Å². The Morgan fingerprint density at radius 2 is 1.74 bits per heavy atom. The van der Waals surface area contributed by atoms with Crippen molar-refractivity contribution in [2.24, 2.45) is 5.92 Å². The quantitative estimate of drug-likeness (QED) is 0.823. The molecule has 1 aliphatic rings. The summed E-state index contributed by atoms with van der Waals surface area (Å²) >= 11 is 0. The minimum atomic E-state index is -0.421. The van der Waals surface area contributed by atoms with E-state index in [9.17, 15) is 9.59 Å². The van der Waals surface area contributed by atoms with Gasteiger partial charge in [-0.05, 0) is 43.2 Å². The Labute approximate surface area is 159 Å². The van der Waals surface area contributed by atoms with Crippen LogP contribution in [0, 0.1) is 12.8 Å². The number of methoxy groups -OCH3 is 1. The summed E-state index contributed by atoms with van der Waals surface area (Å²) in [4.78, 5) is 32.1. The van der Waals surface area contributed by atoms with Crippen molar-refractivity contribution in [3.63, 3.8) is 0 Å². The molecule has 0 saturated carbocycles. The van der Waals surface area contributed by atoms with E-state index in [0.717, 1.165) is 22.6 Å². The number of benzene rings is 2. The van der Waals surface area contributed by atoms with E-state index in [-0.39, 0.29) is 11.8 Å². The minimum absolute atomic E-state index is 0.00105. The Kier molecular flexibility index (Phi) is 5.76. The van der Waals surface area contributed by atoms with Gasteiger partial charge in [-0.3, -0.25) is 14.4 Å². The number of hydroxylamine groups is 1. The fourth-order valence-electron chi connectivity index (χ4n) is 3.54. The minimum Gasteiger partial charge on any atom is -0.497 e. The van der Waals surface area contributed by atoms with Gasteiger partial charge in [0, 0.05) is 12.1 Å². The van der Waals surface area contributed by atoms with Crippen LogP contribution >= 0.6 is 0 Å². The van der Waals surface area contributed by atoms with Crippen LogP contribution in [0.3, 0.4) is 0 Å². The molecule has 6 nitrogen and oxygen atoms in total. The molecule has 2 amide bonds. The molecule has 1 fully saturated rings. The molecule has 1 saturated heterocycles. The number of aryl methyl sites for hydroxylation is 1. The van der Waals surface area contributed by atoms with E-state index in [1.807, 2.05) is 55.5 Å². The van der Waals surface area contributed by atoms with Gasteiger partial charge >= 0.3 is 0 Å². The molecule has 0 radical (unpaired) electrons. The summed E-state index contributed by atoms with van der Waals surface area (Å²) in [5.74, 6) is 0.0714. The highest BCUT2D eigenvalue weighted by Gasteiger charge is 2.41. The summed E-state index contributed by atoms with van der Waals surface area (Å²) in [6.45, 7) is 2.00. The Morgan fingerprint density at radius 1 is 1.07 bits per heavy atom. The van der Waals surface area contributed by atoms with Crippen LogP contribution in [0.4, 0.5) is 5.69 Å². The molecule has 6 heteroatoms. The Bertz CT molecular complexity index is 802. The van der Waals surface area contributed by atoms with Gasteiger partial charge in [0.15, 0.2) is 0 Å². The topological polar surface area (TPSA) is 67.9 Å². The van der Waals surface area contributed by atoms with Crippen molar-refractivity contribution in [3.05, 3.63) is 59.7 Å². The van der Waals surface area contributed by atoms with Gasteiger partial charge in [-0.25, -0.2) is 5.48 Å². The zero-order valence-electron chi connectivity index (χ0n) is 15.8. The van der Waals surface area contributed by atoms with Crippen molar-refractivity contribution >= 4 is 17.5 Å². The average Bonchev–Trinajstić information content (AvgIpc) is 2.69. The molecule has 1 aliphatic heterocycles. The first-order valence-corrected chi connectivity index (χ1v) is 8.90. The molecule has 3 rings (SSSR count). The van der Waals surface area contributed by atoms with E-state index in [4.69, 9.17) is 9.57 Å². The van der Waals surface area contributed by atoms with E-state index in [1.54, 1.807) is 12.0 Å². The van der Waals surface area contributed by atoms with Gasteiger partial charge in [-0.2, -0.15) is 0 Å². The molecule has 1 heterocycles. The number of hydrogen-bond donors (Lipinski definition) is 1. The van der Waals surface area contributed by atoms with Crippen molar-refractivity contribution in [3.8, 4) is 5.75 Å². The van der Waals surface area contributed by atoms with Crippen LogP contribution in [0.2, 0.25) is 0 Å². The van der Waals surface area contributed by atoms with E-state index in [1.165, 1.54) is 7.11 Å². The van der Waals surface area contributed by atoms with Gasteiger partial charge < -0.3 is 9.64 Å². The van der Waals surface area contributed by atoms with Crippen LogP contribution in [-0.2, 0) is 14.4 Å². The summed E-state index contributed by atoms with van der Waals surface area (Å²) in [5.41, 5.74) is 5.20. The molecule has 0 bridgehead atoms. The fourth-order valence-corrected chi connectivity index (χ4v) is 3.54. The van der Waals surface area contributed by atoms with E-state index < -0.39 is 12.0 Å². The monoisotopic (exact) mass is 368 g/mol. The van der Waals surface area contributed by atoms with E-state index >= 15 is 0 Å². The number of carbonyl (C=O) groups excluding carboxylic acids is 2. The van der Waals surface area contributed by atoms with Crippen molar-refractivity contribution in [2.75, 3.05) is 19.1 Å². The van der Waals surface area contributed by atoms with Crippen LogP contribution < -0.4 is 15.1 Å². The Hall–Kier alpha value is -2.86. The first-order valence-electron chi connectivity index (χ1n) is 8.90. The lowest BCUT2D eigenvalue weighted by Crippen LogP contribution is -2.48. The smallest absolute Gasteiger partial charge is 0.249 e. The first kappa shape index (κ1) is 18.9. The van der Waals surface area contributed by atoms with Gasteiger partial charge in [-0.1, -0.05) is 29.8 Å². The molecule has 27 heavy (non-hydrogen) atoms. The predicted octanol–water partition coefficient (Wildman–Crippen LogP) is 3.17. The molecule has 0 spiro atoms. The molecule has 2 atom stereocenters. The number of ether oxygens (including phenoxy) is 1. The fraction of sp³-hybridized carbons (Fsp3) is 0.333. The number of piperidine rings is 1. The highest BCUT2D eigenvalue weighted by Crippen LogP contribution is 2.40. The first-order chi connectivity index (χ1) is 13.0. The Balaban J connectivity index is 2.06. The SMILES string of the molecule is CONC(=O)[C@@H]1CCC(=O)N(c2ccc(C)cc2)[C@H]1c1ccc(OC)cc1. The molecule has 2 aromatic rings. The highest BCUT2D eigenvalue weighted by atomic mass is 16.6. The molecule has 142 valence electrons. The zero-order valence-corrected chi connectivity index (χ0v) is 15.8. The van der Waals surface area contributed by atoms with Crippen molar-refractivity contribution in [2.45, 2.75) is 25.8 Å². The summed E-state index contributed by atoms with van der Waals surface area (Å²) in [6.07, 6.45) is 0.773. The zero-order chi connectivity index (χ0) is 19.4. The van der Waals surface area contributed by atoms with Crippen LogP contribution in [0.25, 0.3) is 0 Å². The van der Waals surface area contributed by atoms with Crippen molar-refractivity contribution in [1.82, 2.24) is 5.48 Å². The van der Waals surface area contributed by atoms with Gasteiger partial charge in [-0.15, -0.1) is 0 Å². The van der Waals surface area contributed by atoms with Crippen molar-refractivity contribution < 1.29 is 19.2 Å². The molecule has 0 unspecified atom stereocenters. The Morgan fingerprint density at radius 3 is 2.33 bits per heavy atom. The lowest BCUT2D eigenvalue weighted by Gasteiger charge is -2.40. The summed E-state index contributed by atoms with van der Waals surface area (Å²) in [5, 5.41) is 0. The second-order valence-electron chi connectivity index (χ2n) is 6.63. The van der Waals surface area contributed by atoms with Gasteiger partial charge in [0.05, 0.1) is 26.2 Å². The van der Waals surface area contributed by atoms with Crippen LogP contribution in [0.5, 0.6) is 5.75 Å². The second kappa shape index (κ2) is 8.22. The highest BCUT2D eigenvalue weighted by molar-refractivity contribution is 5.97. The van der Waals surface area contributed by atoms with Gasteiger partial charge in [0.25, 0.3) is 0 Å². The van der Waals surface area contributed by atoms with Crippen molar-refractivity contribution in [1.29, 1.82) is 0 Å². The largest absolute Gasteiger partial charge is 0.497 e. The maximum atomic E-state index is 12.9. The summed E-state index contributed by atoms with van der Waals surface area (Å²) < 4.78 is 5.24. The molecule has 2 aromatic carbocycles. The second-order valence-corrected chi connectivity index (χ2v) is 6.63. The van der Waals surface area contributed by atoms with E-state index in [2.05, 4.69) is 5.48 Å². The normalized spacial score (nSPS) is 19.7. The number of anilines is 1. The number of nitrogens with zero attached hydrogens (tertiary/aromatic N) is 1. The van der Waals surface area contributed by atoms with Crippen LogP contribution in [0.15, 0.2) is 48.5 Å². The van der Waals surface area contributed by atoms with Gasteiger partial charge in [0.2, 0.25) is 11.8 Å². The number of nitrogens with one attached hydrogen (secondary N) is 1. The number of carbonyl (C=O) groups is 2. The molecular formula is C21H24N2O4. The maximum Gasteiger partial charge on any atom is 0.249 e. The number of hydrogen-bond acceptors (Lipinski definition) is 4. The van der Waals surface area contributed by atoms with E-state index in [0.29, 0.717) is 12.8 Å². The third kappa shape index (κ3) is 3.95. The average molecular weight is 368 g/mol. The molecule has 1 N–H and O–H groups in total. The standard InChI is InChI=1S/C21H24N2O4/c1-14-4-8-16(9-5-14)23-19(24)13-12-18(21(25)22-27-3)20(23)15-6-10-17(26-2)11-7-15/h4-11,18,20H,12-13H2,1-3H3,(H,22,25)/t18-,20+/m1/s1. The molecular weight excluding hydrogens is 344 g/mol. The summed E-state index contributed by atoms with van der Waals surface area (Å²) in [6, 6.07) is 14.8. The predicted molar refractivity (Wildman–Crippen MR) is 102 cm³/mol. The summed E-state index contributed by atoms with van der Waals surface area (Å²) in [7, 11) is 3.01. The third-order valence-corrected chi connectivity index (χ3v) is 4.91. The lowest BCUT2D eigenvalue weighted by molar-refractivity contribution is -0.138.